The second-order valence-corrected chi connectivity index (χ2v) is 23.4. The molecule has 2 heterocycles. The summed E-state index contributed by atoms with van der Waals surface area (Å²) < 4.78 is 51.0. The molecular formula is C45H61N4O8PSSi. The van der Waals surface area contributed by atoms with Crippen LogP contribution in [0, 0.1) is 16.1 Å². The van der Waals surface area contributed by atoms with Crippen molar-refractivity contribution in [2.24, 2.45) is 0 Å². The molecule has 0 radical (unpaired) electrons. The number of nitrogens with zero attached hydrogens (tertiary/aromatic N) is 3. The molecule has 5 atom stereocenters. The number of aromatic nitrogens is 2. The van der Waals surface area contributed by atoms with Crippen LogP contribution in [0.25, 0.3) is 0 Å². The summed E-state index contributed by atoms with van der Waals surface area (Å²) in [4.78, 5) is 15.3. The lowest BCUT2D eigenvalue weighted by molar-refractivity contribution is -0.0939. The number of methoxy groups -OCH3 is 2. The molecule has 5 unspecified atom stereocenters. The highest BCUT2D eigenvalue weighted by Crippen LogP contribution is 2.52. The van der Waals surface area contributed by atoms with E-state index in [1.165, 1.54) is 6.07 Å². The number of hydrogen-bond donors (Lipinski definition) is 1. The third kappa shape index (κ3) is 10.6. The Morgan fingerprint density at radius 2 is 1.43 bits per heavy atom. The second kappa shape index (κ2) is 20.4. The largest absolute Gasteiger partial charge is 0.497 e. The zero-order chi connectivity index (χ0) is 43.8. The predicted octanol–water partition coefficient (Wildman–Crippen LogP) is 9.88. The van der Waals surface area contributed by atoms with Crippen LogP contribution >= 0.6 is 20.7 Å². The van der Waals surface area contributed by atoms with Crippen LogP contribution in [0.15, 0.2) is 95.9 Å². The molecule has 60 heavy (non-hydrogen) atoms. The van der Waals surface area contributed by atoms with Gasteiger partial charge in [0.25, 0.3) is 14.1 Å². The molecule has 15 heteroatoms. The third-order valence-corrected chi connectivity index (χ3v) is 18.1. The second-order valence-electron chi connectivity index (χ2n) is 16.9. The number of aromatic amines is 1. The molecule has 1 aliphatic rings. The number of nitrogens with one attached hydrogen (secondary N) is 1. The zero-order valence-electron chi connectivity index (χ0n) is 36.7. The fourth-order valence-electron chi connectivity index (χ4n) is 7.14. The van der Waals surface area contributed by atoms with E-state index >= 15 is 0 Å². The van der Waals surface area contributed by atoms with Crippen LogP contribution < -0.4 is 15.0 Å². The van der Waals surface area contributed by atoms with Gasteiger partial charge in [0.2, 0.25) is 0 Å². The fourth-order valence-corrected chi connectivity index (χ4v) is 10.5. The molecule has 0 bridgehead atoms. The summed E-state index contributed by atoms with van der Waals surface area (Å²) in [6.45, 7) is 19.5. The molecule has 1 aromatic heterocycles. The average Bonchev–Trinajstić information content (AvgIpc) is 3.53. The Morgan fingerprint density at radius 3 is 1.92 bits per heavy atom. The van der Waals surface area contributed by atoms with Crippen LogP contribution in [-0.2, 0) is 28.5 Å². The fraction of sp³-hybridized carbons (Fsp3) is 0.489. The minimum absolute atomic E-state index is 0.0207. The summed E-state index contributed by atoms with van der Waals surface area (Å²) in [5.74, 6) is 1.41. The molecule has 5 rings (SSSR count). The number of hydrogen-bond acceptors (Lipinski definition) is 11. The number of H-pyrrole nitrogens is 1. The monoisotopic (exact) mass is 876 g/mol. The van der Waals surface area contributed by atoms with E-state index in [2.05, 4.69) is 89.4 Å². The normalized spacial score (nSPS) is 19.1. The molecule has 0 aliphatic carbocycles. The highest BCUT2D eigenvalue weighted by atomic mass is 32.1. The Labute approximate surface area is 362 Å². The molecule has 0 amide bonds. The first-order valence-corrected chi connectivity index (χ1v) is 24.8. The molecule has 4 aromatic rings. The van der Waals surface area contributed by atoms with Gasteiger partial charge in [0.05, 0.1) is 39.9 Å². The number of ether oxygens (including phenoxy) is 4. The third-order valence-electron chi connectivity index (χ3n) is 11.2. The van der Waals surface area contributed by atoms with Crippen molar-refractivity contribution in [3.63, 3.8) is 0 Å². The van der Waals surface area contributed by atoms with Crippen LogP contribution in [0.5, 0.6) is 11.5 Å². The minimum Gasteiger partial charge on any atom is -0.497 e. The van der Waals surface area contributed by atoms with E-state index in [1.54, 1.807) is 25.0 Å². The molecule has 12 nitrogen and oxygen atoms in total. The molecular weight excluding hydrogens is 816 g/mol. The van der Waals surface area contributed by atoms with Gasteiger partial charge in [-0.2, -0.15) is 5.26 Å². The van der Waals surface area contributed by atoms with E-state index in [0.717, 1.165) is 16.7 Å². The van der Waals surface area contributed by atoms with Crippen molar-refractivity contribution in [2.75, 3.05) is 27.4 Å². The van der Waals surface area contributed by atoms with Crippen LogP contribution in [0.1, 0.15) is 77.8 Å². The molecule has 1 aliphatic heterocycles. The van der Waals surface area contributed by atoms with Gasteiger partial charge in [0.1, 0.15) is 35.4 Å². The Balaban J connectivity index is 1.73. The summed E-state index contributed by atoms with van der Waals surface area (Å²) in [7, 11) is -1.05. The summed E-state index contributed by atoms with van der Waals surface area (Å²) in [6.07, 6.45) is -1.25. The maximum Gasteiger partial charge on any atom is 0.259 e. The first-order valence-electron chi connectivity index (χ1n) is 20.4. The lowest BCUT2D eigenvalue weighted by atomic mass is 9.80. The van der Waals surface area contributed by atoms with Gasteiger partial charge in [0.15, 0.2) is 19.3 Å². The first-order chi connectivity index (χ1) is 28.5. The van der Waals surface area contributed by atoms with E-state index in [0.29, 0.717) is 11.5 Å². The van der Waals surface area contributed by atoms with Gasteiger partial charge in [-0.1, -0.05) is 75.4 Å². The quantitative estimate of drug-likeness (QED) is 0.0318. The SMILES string of the molecule is COc1ccc(C(OCC2OC(n3ccc(=O)[nH]c3=S)C(O[Si](C)(C)C(C)(C)C)C2OP(OCCC#N)N(C(C)C)C(C)C)(c2ccccc2)c2ccc(OC)cc2)cc1. The van der Waals surface area contributed by atoms with Crippen molar-refractivity contribution >= 4 is 29.1 Å². The summed E-state index contributed by atoms with van der Waals surface area (Å²) in [5.41, 5.74) is 1.12. The Bertz CT molecular complexity index is 2080. The van der Waals surface area contributed by atoms with E-state index in [4.69, 9.17) is 44.6 Å². The summed E-state index contributed by atoms with van der Waals surface area (Å²) in [5, 5.41) is 9.33. The van der Waals surface area contributed by atoms with Gasteiger partial charge in [-0.05, 0) is 99.0 Å². The number of rotatable bonds is 19. The first kappa shape index (κ1) is 47.3. The van der Waals surface area contributed by atoms with Gasteiger partial charge in [-0.15, -0.1) is 0 Å². The maximum atomic E-state index is 12.5. The van der Waals surface area contributed by atoms with Crippen molar-refractivity contribution in [3.8, 4) is 17.6 Å². The van der Waals surface area contributed by atoms with Gasteiger partial charge in [0, 0.05) is 24.3 Å². The van der Waals surface area contributed by atoms with Crippen LogP contribution in [0.4, 0.5) is 0 Å². The molecule has 1 saturated heterocycles. The topological polar surface area (TPSA) is 129 Å². The minimum atomic E-state index is -2.57. The Hall–Kier alpha value is -3.74. The number of nitriles is 1. The van der Waals surface area contributed by atoms with Crippen molar-refractivity contribution in [1.82, 2.24) is 14.2 Å². The molecule has 3 aromatic carbocycles. The van der Waals surface area contributed by atoms with Crippen molar-refractivity contribution < 1.29 is 32.4 Å². The summed E-state index contributed by atoms with van der Waals surface area (Å²) >= 11 is 5.78. The van der Waals surface area contributed by atoms with Gasteiger partial charge in [-0.25, -0.2) is 4.67 Å². The van der Waals surface area contributed by atoms with Crippen molar-refractivity contribution in [3.05, 3.63) is 123 Å². The molecule has 0 saturated carbocycles. The molecule has 0 spiro atoms. The molecule has 1 fully saturated rings. The lowest BCUT2D eigenvalue weighted by Crippen LogP contribution is -2.50. The van der Waals surface area contributed by atoms with Crippen molar-refractivity contribution in [1.29, 1.82) is 5.26 Å². The maximum absolute atomic E-state index is 12.5. The Kier molecular flexibility index (Phi) is 16.1. The van der Waals surface area contributed by atoms with E-state index in [9.17, 15) is 10.1 Å². The molecule has 324 valence electrons. The van der Waals surface area contributed by atoms with E-state index < -0.39 is 47.0 Å². The zero-order valence-corrected chi connectivity index (χ0v) is 39.4. The van der Waals surface area contributed by atoms with Gasteiger partial charge < -0.3 is 32.4 Å². The van der Waals surface area contributed by atoms with Crippen LogP contribution in [0.3, 0.4) is 0 Å². The van der Waals surface area contributed by atoms with Crippen LogP contribution in [-0.4, -0.2) is 80.4 Å². The van der Waals surface area contributed by atoms with E-state index in [-0.39, 0.29) is 47.1 Å². The number of benzene rings is 3. The highest BCUT2D eigenvalue weighted by molar-refractivity contribution is 7.71. The summed E-state index contributed by atoms with van der Waals surface area (Å²) in [6, 6.07) is 29.5. The predicted molar refractivity (Wildman–Crippen MR) is 240 cm³/mol. The van der Waals surface area contributed by atoms with Gasteiger partial charge in [-0.3, -0.25) is 14.3 Å². The average molecular weight is 877 g/mol. The van der Waals surface area contributed by atoms with Gasteiger partial charge >= 0.3 is 0 Å². The van der Waals surface area contributed by atoms with Crippen molar-refractivity contribution in [2.45, 2.75) is 115 Å². The van der Waals surface area contributed by atoms with E-state index in [1.807, 2.05) is 66.7 Å². The lowest BCUT2D eigenvalue weighted by Gasteiger charge is -2.42. The van der Waals surface area contributed by atoms with Crippen LogP contribution in [0.2, 0.25) is 18.1 Å². The smallest absolute Gasteiger partial charge is 0.259 e. The standard InChI is InChI=1S/C45H61N4O8PSSi/c1-31(2)49(32(3)4)58(54-29-15-27-46)56-40-38(55-42(48-28-26-39(50)47-43(48)59)41(40)57-60(10,11)44(5,6)7)30-53-45(33-16-13-12-14-17-33,34-18-22-36(51-8)23-19-34)35-20-24-37(52-9)25-21-35/h12-14,16-26,28,31-32,38,40-42H,15,29-30H2,1-11H3,(H,47,50,59). The molecule has 1 N–H and O–H groups in total. The highest BCUT2D eigenvalue weighted by Gasteiger charge is 2.54. The Morgan fingerprint density at radius 1 is 0.883 bits per heavy atom.